The molecule has 2 amide bonds. The van der Waals surface area contributed by atoms with Crippen LogP contribution in [-0.4, -0.2) is 16.8 Å². The van der Waals surface area contributed by atoms with Crippen LogP contribution in [0.2, 0.25) is 0 Å². The summed E-state index contributed by atoms with van der Waals surface area (Å²) in [5.41, 5.74) is 1.47. The number of nitrogens with one attached hydrogen (secondary N) is 2. The molecular weight excluding hydrogens is 421 g/mol. The minimum absolute atomic E-state index is 0.301. The maximum absolute atomic E-state index is 12.9. The van der Waals surface area contributed by atoms with Crippen LogP contribution in [0.1, 0.15) is 25.7 Å². The Kier molecular flexibility index (Phi) is 5.43. The predicted octanol–water partition coefficient (Wildman–Crippen LogP) is 4.86. The predicted molar refractivity (Wildman–Crippen MR) is 103 cm³/mol. The first-order valence-corrected chi connectivity index (χ1v) is 9.14. The number of benzene rings is 2. The number of carbonyl (C=O) groups is 2. The number of aromatic nitrogens is 1. The van der Waals surface area contributed by atoms with Crippen LogP contribution in [0.3, 0.4) is 0 Å². The standard InChI is InChI=1S/C18H13BrFN3O2S/c1-10-15(17(25)22-14-8-4-12(19)5-9-14)26-18(21-10)23-16(24)11-2-6-13(20)7-3-11/h2-9H,1H3,(H,22,25)(H,21,23,24). The zero-order valence-corrected chi connectivity index (χ0v) is 15.9. The molecule has 0 bridgehead atoms. The van der Waals surface area contributed by atoms with E-state index in [4.69, 9.17) is 0 Å². The zero-order chi connectivity index (χ0) is 18.7. The second-order valence-corrected chi connectivity index (χ2v) is 7.27. The molecule has 3 aromatic rings. The minimum Gasteiger partial charge on any atom is -0.321 e. The van der Waals surface area contributed by atoms with Crippen molar-refractivity contribution in [2.75, 3.05) is 10.6 Å². The average molecular weight is 434 g/mol. The van der Waals surface area contributed by atoms with E-state index in [0.29, 0.717) is 27.0 Å². The third kappa shape index (κ3) is 4.33. The van der Waals surface area contributed by atoms with Gasteiger partial charge in [-0.25, -0.2) is 9.37 Å². The van der Waals surface area contributed by atoms with Crippen LogP contribution in [0.4, 0.5) is 15.2 Å². The Morgan fingerprint density at radius 2 is 1.65 bits per heavy atom. The van der Waals surface area contributed by atoms with Gasteiger partial charge in [0, 0.05) is 15.7 Å². The quantitative estimate of drug-likeness (QED) is 0.616. The van der Waals surface area contributed by atoms with Crippen LogP contribution >= 0.6 is 27.3 Å². The fraction of sp³-hybridized carbons (Fsp3) is 0.0556. The average Bonchev–Trinajstić information content (AvgIpc) is 2.98. The molecule has 0 aliphatic heterocycles. The molecule has 2 aromatic carbocycles. The number of nitrogens with zero attached hydrogens (tertiary/aromatic N) is 1. The lowest BCUT2D eigenvalue weighted by molar-refractivity contribution is 0.102. The largest absolute Gasteiger partial charge is 0.321 e. The molecule has 1 heterocycles. The van der Waals surface area contributed by atoms with Gasteiger partial charge >= 0.3 is 0 Å². The van der Waals surface area contributed by atoms with E-state index in [1.165, 1.54) is 24.3 Å². The number of amides is 2. The summed E-state index contributed by atoms with van der Waals surface area (Å²) in [5.74, 6) is -1.14. The summed E-state index contributed by atoms with van der Waals surface area (Å²) < 4.78 is 13.8. The molecule has 132 valence electrons. The molecule has 1 aromatic heterocycles. The van der Waals surface area contributed by atoms with Crippen molar-refractivity contribution in [3.63, 3.8) is 0 Å². The summed E-state index contributed by atoms with van der Waals surface area (Å²) in [5, 5.41) is 5.72. The normalized spacial score (nSPS) is 10.4. The van der Waals surface area contributed by atoms with Crippen molar-refractivity contribution in [2.45, 2.75) is 6.92 Å². The lowest BCUT2D eigenvalue weighted by atomic mass is 10.2. The van der Waals surface area contributed by atoms with Gasteiger partial charge < -0.3 is 5.32 Å². The molecule has 5 nitrogen and oxygen atoms in total. The van der Waals surface area contributed by atoms with E-state index in [2.05, 4.69) is 31.5 Å². The fourth-order valence-electron chi connectivity index (χ4n) is 2.15. The fourth-order valence-corrected chi connectivity index (χ4v) is 3.27. The van der Waals surface area contributed by atoms with Crippen LogP contribution in [0.25, 0.3) is 0 Å². The van der Waals surface area contributed by atoms with E-state index in [1.807, 2.05) is 12.1 Å². The summed E-state index contributed by atoms with van der Waals surface area (Å²) in [6.07, 6.45) is 0. The molecule has 0 radical (unpaired) electrons. The van der Waals surface area contributed by atoms with Gasteiger partial charge in [-0.1, -0.05) is 27.3 Å². The van der Waals surface area contributed by atoms with Gasteiger partial charge in [-0.15, -0.1) is 0 Å². The summed E-state index contributed by atoms with van der Waals surface area (Å²) >= 11 is 4.41. The van der Waals surface area contributed by atoms with Crippen molar-refractivity contribution in [3.8, 4) is 0 Å². The number of hydrogen-bond donors (Lipinski definition) is 2. The molecule has 0 aliphatic rings. The third-order valence-corrected chi connectivity index (χ3v) is 5.03. The Hall–Kier alpha value is -2.58. The Morgan fingerprint density at radius 1 is 1.00 bits per heavy atom. The maximum Gasteiger partial charge on any atom is 0.267 e. The van der Waals surface area contributed by atoms with Crippen molar-refractivity contribution < 1.29 is 14.0 Å². The van der Waals surface area contributed by atoms with Gasteiger partial charge in [0.1, 0.15) is 10.7 Å². The van der Waals surface area contributed by atoms with Gasteiger partial charge in [-0.3, -0.25) is 14.9 Å². The summed E-state index contributed by atoms with van der Waals surface area (Å²) in [6.45, 7) is 1.69. The first-order valence-electron chi connectivity index (χ1n) is 7.53. The molecule has 8 heteroatoms. The highest BCUT2D eigenvalue weighted by molar-refractivity contribution is 9.10. The maximum atomic E-state index is 12.9. The number of halogens is 2. The van der Waals surface area contributed by atoms with Crippen LogP contribution in [0.5, 0.6) is 0 Å². The molecule has 0 aliphatic carbocycles. The van der Waals surface area contributed by atoms with E-state index in [-0.39, 0.29) is 5.91 Å². The smallest absolute Gasteiger partial charge is 0.267 e. The third-order valence-electron chi connectivity index (χ3n) is 3.43. The molecule has 0 fully saturated rings. The van der Waals surface area contributed by atoms with Crippen LogP contribution < -0.4 is 10.6 Å². The molecule has 0 unspecified atom stereocenters. The van der Waals surface area contributed by atoms with E-state index >= 15 is 0 Å². The number of aryl methyl sites for hydroxylation is 1. The number of rotatable bonds is 4. The van der Waals surface area contributed by atoms with Crippen LogP contribution in [0.15, 0.2) is 53.0 Å². The highest BCUT2D eigenvalue weighted by atomic mass is 79.9. The van der Waals surface area contributed by atoms with Gasteiger partial charge in [-0.05, 0) is 55.5 Å². The molecule has 0 saturated carbocycles. The van der Waals surface area contributed by atoms with Crippen molar-refractivity contribution in [1.82, 2.24) is 4.98 Å². The summed E-state index contributed by atoms with van der Waals surface area (Å²) in [7, 11) is 0. The van der Waals surface area contributed by atoms with Crippen molar-refractivity contribution in [2.24, 2.45) is 0 Å². The topological polar surface area (TPSA) is 71.1 Å². The molecule has 0 spiro atoms. The monoisotopic (exact) mass is 433 g/mol. The Bertz CT molecular complexity index is 956. The Labute approximate surface area is 161 Å². The van der Waals surface area contributed by atoms with Gasteiger partial charge in [-0.2, -0.15) is 0 Å². The summed E-state index contributed by atoms with van der Waals surface area (Å²) in [4.78, 5) is 29.2. The highest BCUT2D eigenvalue weighted by Gasteiger charge is 2.17. The molecule has 2 N–H and O–H groups in total. The van der Waals surface area contributed by atoms with Crippen molar-refractivity contribution in [1.29, 1.82) is 0 Å². The first-order chi connectivity index (χ1) is 12.4. The minimum atomic E-state index is -0.418. The lowest BCUT2D eigenvalue weighted by Gasteiger charge is -2.03. The molecule has 26 heavy (non-hydrogen) atoms. The van der Waals surface area contributed by atoms with Crippen molar-refractivity contribution in [3.05, 3.63) is 75.0 Å². The van der Waals surface area contributed by atoms with Crippen LogP contribution in [0, 0.1) is 12.7 Å². The van der Waals surface area contributed by atoms with Gasteiger partial charge in [0.05, 0.1) is 5.69 Å². The van der Waals surface area contributed by atoms with Crippen molar-refractivity contribution >= 4 is 49.9 Å². The second kappa shape index (κ2) is 7.76. The van der Waals surface area contributed by atoms with E-state index in [0.717, 1.165) is 15.8 Å². The number of thiazole rings is 1. The SMILES string of the molecule is Cc1nc(NC(=O)c2ccc(F)cc2)sc1C(=O)Nc1ccc(Br)cc1. The van der Waals surface area contributed by atoms with Gasteiger partial charge in [0.25, 0.3) is 11.8 Å². The van der Waals surface area contributed by atoms with Gasteiger partial charge in [0.15, 0.2) is 5.13 Å². The molecule has 0 saturated heterocycles. The lowest BCUT2D eigenvalue weighted by Crippen LogP contribution is -2.11. The number of hydrogen-bond acceptors (Lipinski definition) is 4. The Balaban J connectivity index is 1.71. The summed E-state index contributed by atoms with van der Waals surface area (Å²) in [6, 6.07) is 12.4. The van der Waals surface area contributed by atoms with E-state index in [1.54, 1.807) is 19.1 Å². The van der Waals surface area contributed by atoms with E-state index in [9.17, 15) is 14.0 Å². The molecule has 3 rings (SSSR count). The second-order valence-electron chi connectivity index (χ2n) is 5.36. The highest BCUT2D eigenvalue weighted by Crippen LogP contribution is 2.24. The van der Waals surface area contributed by atoms with E-state index < -0.39 is 11.7 Å². The first kappa shape index (κ1) is 18.2. The van der Waals surface area contributed by atoms with Gasteiger partial charge in [0.2, 0.25) is 0 Å². The van der Waals surface area contributed by atoms with Crippen LogP contribution in [-0.2, 0) is 0 Å². The zero-order valence-electron chi connectivity index (χ0n) is 13.5. The number of carbonyl (C=O) groups excluding carboxylic acids is 2. The molecule has 0 atom stereocenters. The molecular formula is C18H13BrFN3O2S. The number of anilines is 2. The Morgan fingerprint density at radius 3 is 2.31 bits per heavy atom.